The lowest BCUT2D eigenvalue weighted by molar-refractivity contribution is -0.142. The van der Waals surface area contributed by atoms with Crippen LogP contribution in [0.25, 0.3) is 10.9 Å². The van der Waals surface area contributed by atoms with Crippen molar-refractivity contribution in [1.29, 1.82) is 0 Å². The minimum Gasteiger partial charge on any atom is -0.481 e. The first-order valence-corrected chi connectivity index (χ1v) is 6.82. The molecule has 1 heterocycles. The normalized spacial score (nSPS) is 15.9. The molecule has 3 heteroatoms. The molecule has 3 nitrogen and oxygen atoms in total. The Balaban J connectivity index is 2.11. The molecule has 0 bridgehead atoms. The maximum atomic E-state index is 11.5. The molecule has 0 atom stereocenters. The van der Waals surface area contributed by atoms with Crippen molar-refractivity contribution in [3.63, 3.8) is 0 Å². The van der Waals surface area contributed by atoms with E-state index in [9.17, 15) is 9.90 Å². The van der Waals surface area contributed by atoms with Gasteiger partial charge in [-0.25, -0.2) is 0 Å². The van der Waals surface area contributed by atoms with E-state index in [4.69, 9.17) is 0 Å². The highest BCUT2D eigenvalue weighted by Gasteiger charge is 2.31. The number of aromatic nitrogens is 1. The Hall–Kier alpha value is -1.77. The number of carboxylic acids is 1. The van der Waals surface area contributed by atoms with Crippen LogP contribution in [0, 0.1) is 5.92 Å². The van der Waals surface area contributed by atoms with E-state index < -0.39 is 11.4 Å². The van der Waals surface area contributed by atoms with Gasteiger partial charge < -0.3 is 9.67 Å². The van der Waals surface area contributed by atoms with Crippen molar-refractivity contribution >= 4 is 16.9 Å². The molecule has 0 aliphatic heterocycles. The van der Waals surface area contributed by atoms with Crippen LogP contribution in [0.1, 0.15) is 32.3 Å². The minimum atomic E-state index is -0.856. The fraction of sp³-hybridized carbons (Fsp3) is 0.438. The first-order valence-electron chi connectivity index (χ1n) is 6.82. The van der Waals surface area contributed by atoms with E-state index in [0.29, 0.717) is 0 Å². The summed E-state index contributed by atoms with van der Waals surface area (Å²) >= 11 is 0. The smallest absolute Gasteiger partial charge is 0.313 e. The molecule has 3 rings (SSSR count). The Morgan fingerprint density at radius 3 is 2.74 bits per heavy atom. The molecule has 0 unspecified atom stereocenters. The van der Waals surface area contributed by atoms with Crippen LogP contribution in [0.2, 0.25) is 0 Å². The lowest BCUT2D eigenvalue weighted by Crippen LogP contribution is -2.28. The van der Waals surface area contributed by atoms with Gasteiger partial charge >= 0.3 is 5.97 Å². The minimum absolute atomic E-state index is 0.782. The van der Waals surface area contributed by atoms with E-state index in [1.165, 1.54) is 12.8 Å². The second-order valence-electron chi connectivity index (χ2n) is 6.08. The summed E-state index contributed by atoms with van der Waals surface area (Å²) in [4.78, 5) is 11.5. The summed E-state index contributed by atoms with van der Waals surface area (Å²) < 4.78 is 2.26. The molecule has 1 fully saturated rings. The lowest BCUT2D eigenvalue weighted by Gasteiger charge is -2.21. The molecule has 0 radical (unpaired) electrons. The summed E-state index contributed by atoms with van der Waals surface area (Å²) in [5, 5.41) is 10.5. The fourth-order valence-corrected chi connectivity index (χ4v) is 2.62. The molecule has 1 saturated carbocycles. The van der Waals surface area contributed by atoms with Crippen molar-refractivity contribution in [2.45, 2.75) is 38.6 Å². The molecule has 1 aliphatic carbocycles. The molecule has 0 saturated heterocycles. The number of carboxylic acid groups (broad SMARTS) is 1. The molecule has 0 spiro atoms. The molecule has 1 aromatic heterocycles. The summed E-state index contributed by atoms with van der Waals surface area (Å²) in [6.07, 6.45) is 4.73. The maximum Gasteiger partial charge on any atom is 0.313 e. The standard InChI is InChI=1S/C16H19NO2/c1-16(2,15(18)19)13-4-3-5-14-12(13)8-9-17(14)10-11-6-7-11/h3-5,8-9,11H,6-7,10H2,1-2H3,(H,18,19). The Labute approximate surface area is 112 Å². The zero-order chi connectivity index (χ0) is 13.6. The van der Waals surface area contributed by atoms with Crippen LogP contribution in [-0.4, -0.2) is 15.6 Å². The summed E-state index contributed by atoms with van der Waals surface area (Å²) in [5.41, 5.74) is 1.19. The Bertz CT molecular complexity index is 635. The summed E-state index contributed by atoms with van der Waals surface area (Å²) in [7, 11) is 0. The number of hydrogen-bond donors (Lipinski definition) is 1. The second-order valence-corrected chi connectivity index (χ2v) is 6.08. The highest BCUT2D eigenvalue weighted by atomic mass is 16.4. The quantitative estimate of drug-likeness (QED) is 0.912. The fourth-order valence-electron chi connectivity index (χ4n) is 2.62. The zero-order valence-electron chi connectivity index (χ0n) is 11.4. The van der Waals surface area contributed by atoms with Crippen LogP contribution >= 0.6 is 0 Å². The number of rotatable bonds is 4. The van der Waals surface area contributed by atoms with E-state index in [1.54, 1.807) is 13.8 Å². The molecular weight excluding hydrogens is 238 g/mol. The summed E-state index contributed by atoms with van der Waals surface area (Å²) in [5.74, 6) is 0.0293. The van der Waals surface area contributed by atoms with Crippen molar-refractivity contribution in [2.75, 3.05) is 0 Å². The van der Waals surface area contributed by atoms with Gasteiger partial charge in [0.2, 0.25) is 0 Å². The highest BCUT2D eigenvalue weighted by molar-refractivity contribution is 5.91. The lowest BCUT2D eigenvalue weighted by atomic mass is 9.83. The second kappa shape index (κ2) is 4.12. The predicted octanol–water partition coefficient (Wildman–Crippen LogP) is 3.41. The van der Waals surface area contributed by atoms with Crippen LogP contribution < -0.4 is 0 Å². The third-order valence-corrected chi connectivity index (χ3v) is 4.17. The Morgan fingerprint density at radius 2 is 2.11 bits per heavy atom. The largest absolute Gasteiger partial charge is 0.481 e. The van der Waals surface area contributed by atoms with Crippen LogP contribution in [-0.2, 0) is 16.8 Å². The summed E-state index contributed by atoms with van der Waals surface area (Å²) in [6, 6.07) is 8.03. The molecule has 100 valence electrons. The van der Waals surface area contributed by atoms with Crippen molar-refractivity contribution in [3.8, 4) is 0 Å². The third kappa shape index (κ3) is 2.03. The average molecular weight is 257 g/mol. The number of benzene rings is 1. The SMILES string of the molecule is CC(C)(C(=O)O)c1cccc2c1ccn2CC1CC1. The molecular formula is C16H19NO2. The summed E-state index contributed by atoms with van der Waals surface area (Å²) in [6.45, 7) is 4.59. The Kier molecular flexibility index (Phi) is 2.66. The van der Waals surface area contributed by atoms with E-state index in [0.717, 1.165) is 28.9 Å². The van der Waals surface area contributed by atoms with Crippen molar-refractivity contribution < 1.29 is 9.90 Å². The van der Waals surface area contributed by atoms with Gasteiger partial charge in [-0.1, -0.05) is 12.1 Å². The van der Waals surface area contributed by atoms with Crippen LogP contribution in [0.5, 0.6) is 0 Å². The molecule has 1 aromatic carbocycles. The third-order valence-electron chi connectivity index (χ3n) is 4.17. The number of carbonyl (C=O) groups is 1. The van der Waals surface area contributed by atoms with Crippen LogP contribution in [0.3, 0.4) is 0 Å². The van der Waals surface area contributed by atoms with Crippen molar-refractivity contribution in [1.82, 2.24) is 4.57 Å². The van der Waals surface area contributed by atoms with Gasteiger partial charge in [-0.2, -0.15) is 0 Å². The Morgan fingerprint density at radius 1 is 1.37 bits per heavy atom. The van der Waals surface area contributed by atoms with Crippen molar-refractivity contribution in [2.24, 2.45) is 5.92 Å². The molecule has 1 aliphatic rings. The van der Waals surface area contributed by atoms with E-state index >= 15 is 0 Å². The first-order chi connectivity index (χ1) is 9.00. The van der Waals surface area contributed by atoms with Gasteiger partial charge in [0, 0.05) is 23.6 Å². The van der Waals surface area contributed by atoms with E-state index in [2.05, 4.69) is 22.9 Å². The average Bonchev–Trinajstić information content (AvgIpc) is 3.09. The topological polar surface area (TPSA) is 42.2 Å². The van der Waals surface area contributed by atoms with Gasteiger partial charge in [0.05, 0.1) is 5.41 Å². The van der Waals surface area contributed by atoms with Gasteiger partial charge in [0.25, 0.3) is 0 Å². The molecule has 1 N–H and O–H groups in total. The van der Waals surface area contributed by atoms with Gasteiger partial charge in [-0.05, 0) is 50.3 Å². The molecule has 2 aromatic rings. The first kappa shape index (κ1) is 12.3. The van der Waals surface area contributed by atoms with Crippen LogP contribution in [0.4, 0.5) is 0 Å². The maximum absolute atomic E-state index is 11.5. The molecule has 19 heavy (non-hydrogen) atoms. The van der Waals surface area contributed by atoms with E-state index in [-0.39, 0.29) is 0 Å². The monoisotopic (exact) mass is 257 g/mol. The van der Waals surface area contributed by atoms with Gasteiger partial charge in [0.1, 0.15) is 0 Å². The number of hydrogen-bond acceptors (Lipinski definition) is 1. The van der Waals surface area contributed by atoms with Gasteiger partial charge in [-0.3, -0.25) is 4.79 Å². The number of aliphatic carboxylic acids is 1. The molecule has 0 amide bonds. The number of fused-ring (bicyclic) bond motifs is 1. The van der Waals surface area contributed by atoms with E-state index in [1.807, 2.05) is 12.1 Å². The zero-order valence-corrected chi connectivity index (χ0v) is 11.4. The number of nitrogens with zero attached hydrogens (tertiary/aromatic N) is 1. The highest BCUT2D eigenvalue weighted by Crippen LogP contribution is 2.34. The van der Waals surface area contributed by atoms with Gasteiger partial charge in [0.15, 0.2) is 0 Å². The van der Waals surface area contributed by atoms with Crippen molar-refractivity contribution in [3.05, 3.63) is 36.0 Å². The predicted molar refractivity (Wildman–Crippen MR) is 75.3 cm³/mol. The van der Waals surface area contributed by atoms with Crippen LogP contribution in [0.15, 0.2) is 30.5 Å². The van der Waals surface area contributed by atoms with Gasteiger partial charge in [-0.15, -0.1) is 0 Å².